The summed E-state index contributed by atoms with van der Waals surface area (Å²) in [5.41, 5.74) is 2.44. The van der Waals surface area contributed by atoms with E-state index >= 15 is 0 Å². The second kappa shape index (κ2) is 12.7. The summed E-state index contributed by atoms with van der Waals surface area (Å²) in [5.74, 6) is -0.101. The molecule has 2 saturated carbocycles. The van der Waals surface area contributed by atoms with Gasteiger partial charge < -0.3 is 10.0 Å². The van der Waals surface area contributed by atoms with Crippen LogP contribution < -0.4 is 0 Å². The van der Waals surface area contributed by atoms with E-state index in [1.807, 2.05) is 26.0 Å². The van der Waals surface area contributed by atoms with E-state index in [2.05, 4.69) is 41.3 Å². The third-order valence-electron chi connectivity index (χ3n) is 9.57. The second-order valence-corrected chi connectivity index (χ2v) is 15.1. The van der Waals surface area contributed by atoms with Crippen LogP contribution in [0.1, 0.15) is 56.1 Å². The molecule has 2 atom stereocenters. The first-order chi connectivity index (χ1) is 21.4. The van der Waals surface area contributed by atoms with Crippen molar-refractivity contribution in [3.63, 3.8) is 0 Å². The van der Waals surface area contributed by atoms with Crippen molar-refractivity contribution in [3.8, 4) is 0 Å². The Labute approximate surface area is 264 Å². The van der Waals surface area contributed by atoms with Gasteiger partial charge in [0, 0.05) is 63.2 Å². The first kappa shape index (κ1) is 26.7. The van der Waals surface area contributed by atoms with Gasteiger partial charge in [-0.1, -0.05) is 61.5 Å². The minimum atomic E-state index is -4.08. The van der Waals surface area contributed by atoms with Crippen LogP contribution in [0.5, 0.6) is 0 Å². The highest BCUT2D eigenvalue weighted by Crippen LogP contribution is 2.64. The van der Waals surface area contributed by atoms with Crippen molar-refractivity contribution in [3.05, 3.63) is 64.7 Å². The van der Waals surface area contributed by atoms with Crippen LogP contribution in [0.15, 0.2) is 58.3 Å². The van der Waals surface area contributed by atoms with Gasteiger partial charge in [0.05, 0.1) is 20.5 Å². The van der Waals surface area contributed by atoms with Crippen LogP contribution in [0, 0.1) is 16.7 Å². The molecule has 0 aromatic heterocycles. The molecule has 42 heavy (non-hydrogen) atoms. The molecule has 2 aromatic carbocycles. The molecule has 3 fully saturated rings. The van der Waals surface area contributed by atoms with E-state index in [-0.39, 0.29) is 17.1 Å². The number of piperazine rings is 1. The molecule has 2 aliphatic heterocycles. The third kappa shape index (κ3) is 6.53. The van der Waals surface area contributed by atoms with E-state index < -0.39 is 34.3 Å². The Morgan fingerprint density at radius 1 is 1.10 bits per heavy atom. The van der Waals surface area contributed by atoms with Gasteiger partial charge in [-0.2, -0.15) is 8.42 Å². The van der Waals surface area contributed by atoms with Gasteiger partial charge in [0.15, 0.2) is 0 Å². The molecule has 0 amide bonds. The predicted molar refractivity (Wildman–Crippen MR) is 169 cm³/mol. The van der Waals surface area contributed by atoms with Crippen molar-refractivity contribution >= 4 is 44.8 Å². The summed E-state index contributed by atoms with van der Waals surface area (Å²) < 4.78 is 61.5. The molecule has 0 spiro atoms. The first-order valence-corrected chi connectivity index (χ1v) is 17.1. The van der Waals surface area contributed by atoms with Crippen molar-refractivity contribution in [1.82, 2.24) is 9.80 Å². The van der Waals surface area contributed by atoms with Gasteiger partial charge in [-0.25, -0.2) is 0 Å². The molecular weight excluding hydrogens is 592 g/mol. The van der Waals surface area contributed by atoms with Gasteiger partial charge in [0.2, 0.25) is 0 Å². The highest BCUT2D eigenvalue weighted by molar-refractivity contribution is 7.99. The maximum Gasteiger partial charge on any atom is 0.265 e. The van der Waals surface area contributed by atoms with E-state index in [1.54, 1.807) is 11.8 Å². The summed E-state index contributed by atoms with van der Waals surface area (Å²) in [5, 5.41) is 10.2. The fraction of sp³-hybridized carbons (Fsp3) is 0.531. The number of hydrogen-bond donors (Lipinski definition) is 2. The molecule has 2 N–H and O–H groups in total. The van der Waals surface area contributed by atoms with E-state index in [1.165, 1.54) is 25.8 Å². The molecule has 4 aliphatic rings. The van der Waals surface area contributed by atoms with Crippen LogP contribution in [0.4, 0.5) is 0 Å². The number of carbonyl (C=O) groups excluding carboxylic acids is 1. The summed E-state index contributed by atoms with van der Waals surface area (Å²) >= 11 is 8.04. The number of ketones is 1. The molecule has 7 nitrogen and oxygen atoms in total. The number of carbonyl (C=O) groups is 1. The van der Waals surface area contributed by atoms with Crippen molar-refractivity contribution in [2.45, 2.75) is 49.3 Å². The normalized spacial score (nSPS) is 28.2. The molecule has 6 rings (SSSR count). The zero-order chi connectivity index (χ0) is 33.7. The van der Waals surface area contributed by atoms with Gasteiger partial charge >= 0.3 is 0 Å². The van der Waals surface area contributed by atoms with Gasteiger partial charge in [-0.15, -0.1) is 0 Å². The number of rotatable bonds is 7. The molecule has 0 radical (unpaired) electrons. The standard InChI is InChI=1S/C22H25ClN2OS.C10H16O4S/c23-17-7-8-22-20(16-17)18(19-4-1-2-6-21(19)27-22)5-3-9-24-10-12-25(13-11-24)14-15-26;1-9(2)7-3-4-10(9,8(11)5-7)6-15(12,13)14/h1-2,4-8,16,26H,3,9-15H2;7H,3-6H2,1-2H3,(H,12,13,14)/b18-5-;/i14D2,15D2;. The zero-order valence-electron chi connectivity index (χ0n) is 28.0. The predicted octanol–water partition coefficient (Wildman–Crippen LogP) is 5.51. The number of halogens is 1. The first-order valence-electron chi connectivity index (χ1n) is 16.3. The lowest BCUT2D eigenvalue weighted by Crippen LogP contribution is -2.47. The Hall–Kier alpha value is -1.72. The second-order valence-electron chi connectivity index (χ2n) is 12.1. The maximum atomic E-state index is 11.9. The fourth-order valence-electron chi connectivity index (χ4n) is 7.03. The number of benzene rings is 2. The van der Waals surface area contributed by atoms with Gasteiger partial charge in [-0.05, 0) is 71.6 Å². The monoisotopic (exact) mass is 636 g/mol. The molecule has 10 heteroatoms. The molecule has 2 unspecified atom stereocenters. The van der Waals surface area contributed by atoms with Crippen LogP contribution >= 0.6 is 23.4 Å². The Kier molecular flexibility index (Phi) is 8.07. The SMILES string of the molecule is CC1(C)C2CCC1(CS(=O)(=O)O)C(=O)C2.[2H]C([2H])(O)C([2H])([2H])N1CCN(CC/C=C2/c3ccccc3Sc3ccc(Cl)cc32)CC1. The lowest BCUT2D eigenvalue weighted by atomic mass is 9.70. The molecule has 2 heterocycles. The molecule has 2 bridgehead atoms. The highest BCUT2D eigenvalue weighted by Gasteiger charge is 2.65. The van der Waals surface area contributed by atoms with Crippen LogP contribution in [-0.2, 0) is 14.9 Å². The van der Waals surface area contributed by atoms with Crippen LogP contribution in [0.3, 0.4) is 0 Å². The Morgan fingerprint density at radius 3 is 2.43 bits per heavy atom. The number of hydrogen-bond acceptors (Lipinski definition) is 7. The number of nitrogens with zero attached hydrogens (tertiary/aromatic N) is 2. The van der Waals surface area contributed by atoms with E-state index in [4.69, 9.17) is 21.6 Å². The fourth-order valence-corrected chi connectivity index (χ4v) is 9.59. The molecule has 2 aliphatic carbocycles. The highest BCUT2D eigenvalue weighted by atomic mass is 35.5. The Morgan fingerprint density at radius 2 is 1.79 bits per heavy atom. The van der Waals surface area contributed by atoms with Crippen molar-refractivity contribution in [1.29, 1.82) is 0 Å². The number of Topliss-reactive ketones (excluding diaryl/α,β-unsaturated/α-hetero) is 1. The average Bonchev–Trinajstić information content (AvgIpc) is 3.30. The van der Waals surface area contributed by atoms with Crippen molar-refractivity contribution < 1.29 is 28.4 Å². The number of fused-ring (bicyclic) bond motifs is 4. The Bertz CT molecular complexity index is 1620. The minimum absolute atomic E-state index is 0.0152. The van der Waals surface area contributed by atoms with Crippen LogP contribution in [0.25, 0.3) is 5.57 Å². The van der Waals surface area contributed by atoms with Crippen molar-refractivity contribution in [2.75, 3.05) is 51.5 Å². The number of β-amino-alcohol motifs (C(OH)–C–C–N with tert-alkyl or cyclic N) is 1. The largest absolute Gasteiger partial charge is 0.395 e. The van der Waals surface area contributed by atoms with Crippen molar-refractivity contribution in [2.24, 2.45) is 16.7 Å². The summed E-state index contributed by atoms with van der Waals surface area (Å²) in [4.78, 5) is 17.9. The molecule has 228 valence electrons. The third-order valence-corrected chi connectivity index (χ3v) is 11.8. The molecule has 2 aromatic rings. The van der Waals surface area contributed by atoms with Crippen LogP contribution in [0.2, 0.25) is 5.02 Å². The lowest BCUT2D eigenvalue weighted by Gasteiger charge is -2.35. The summed E-state index contributed by atoms with van der Waals surface area (Å²) in [7, 11) is -4.08. The van der Waals surface area contributed by atoms with Crippen LogP contribution in [-0.4, -0.2) is 85.2 Å². The smallest absolute Gasteiger partial charge is 0.265 e. The van der Waals surface area contributed by atoms with Gasteiger partial charge in [-0.3, -0.25) is 14.2 Å². The van der Waals surface area contributed by atoms with E-state index in [0.29, 0.717) is 39.0 Å². The molecular formula is C32H41ClN2O5S2. The van der Waals surface area contributed by atoms with Gasteiger partial charge in [0.1, 0.15) is 5.78 Å². The maximum absolute atomic E-state index is 11.9. The van der Waals surface area contributed by atoms with Gasteiger partial charge in [0.25, 0.3) is 10.1 Å². The van der Waals surface area contributed by atoms with E-state index in [0.717, 1.165) is 30.0 Å². The summed E-state index contributed by atoms with van der Waals surface area (Å²) in [6.07, 6.45) is 5.07. The molecule has 1 saturated heterocycles. The quantitative estimate of drug-likeness (QED) is 0.328. The summed E-state index contributed by atoms with van der Waals surface area (Å²) in [6.45, 7) is 1.46. The lowest BCUT2D eigenvalue weighted by molar-refractivity contribution is -0.128. The average molecular weight is 637 g/mol. The topological polar surface area (TPSA) is 98.1 Å². The number of aliphatic hydroxyl groups is 1. The van der Waals surface area contributed by atoms with E-state index in [9.17, 15) is 18.3 Å². The summed E-state index contributed by atoms with van der Waals surface area (Å²) in [6, 6.07) is 14.4. The Balaban J connectivity index is 0.000000232. The zero-order valence-corrected chi connectivity index (χ0v) is 26.4. The minimum Gasteiger partial charge on any atom is -0.395 e.